The van der Waals surface area contributed by atoms with Gasteiger partial charge in [0.2, 0.25) is 23.2 Å². The number of anilines is 1. The molecule has 8 heteroatoms. The molecule has 0 radical (unpaired) electrons. The number of para-hydroxylation sites is 1. The number of carbonyl (C=O) groups excluding carboxylic acids is 1. The fourth-order valence-electron chi connectivity index (χ4n) is 3.02. The Bertz CT molecular complexity index is 1030. The molecule has 0 aliphatic carbocycles. The summed E-state index contributed by atoms with van der Waals surface area (Å²) < 4.78 is 6.22. The van der Waals surface area contributed by atoms with Gasteiger partial charge in [-0.1, -0.05) is 53.7 Å². The molecule has 0 bridgehead atoms. The predicted molar refractivity (Wildman–Crippen MR) is 105 cm³/mol. The van der Waals surface area contributed by atoms with Gasteiger partial charge in [-0.25, -0.2) is 0 Å². The Morgan fingerprint density at radius 3 is 2.74 bits per heavy atom. The van der Waals surface area contributed by atoms with Crippen molar-refractivity contribution in [2.24, 2.45) is 0 Å². The Kier molecular flexibility index (Phi) is 4.72. The average molecular weight is 399 g/mol. The molecule has 0 unspecified atom stereocenters. The zero-order valence-corrected chi connectivity index (χ0v) is 16.2. The van der Waals surface area contributed by atoms with Crippen molar-refractivity contribution in [3.8, 4) is 17.1 Å². The molecule has 0 saturated carbocycles. The van der Waals surface area contributed by atoms with Crippen LogP contribution in [0, 0.1) is 0 Å². The van der Waals surface area contributed by atoms with Gasteiger partial charge in [0, 0.05) is 23.1 Å². The van der Waals surface area contributed by atoms with Crippen LogP contribution in [0.1, 0.15) is 18.7 Å². The molecule has 0 N–H and O–H groups in total. The van der Waals surface area contributed by atoms with Crippen LogP contribution in [0.4, 0.5) is 5.69 Å². The molecule has 136 valence electrons. The summed E-state index contributed by atoms with van der Waals surface area (Å²) in [6, 6.07) is 14.7. The summed E-state index contributed by atoms with van der Waals surface area (Å²) in [7, 11) is 0. The Morgan fingerprint density at radius 1 is 1.19 bits per heavy atom. The fraction of sp³-hybridized carbons (Fsp3) is 0.158. The summed E-state index contributed by atoms with van der Waals surface area (Å²) in [6.45, 7) is 1.50. The van der Waals surface area contributed by atoms with Crippen LogP contribution in [-0.2, 0) is 4.79 Å². The van der Waals surface area contributed by atoms with Crippen LogP contribution in [0.25, 0.3) is 11.3 Å². The van der Waals surface area contributed by atoms with Gasteiger partial charge in [0.05, 0.1) is 5.69 Å². The second-order valence-corrected chi connectivity index (χ2v) is 7.09. The van der Waals surface area contributed by atoms with Gasteiger partial charge in [-0.2, -0.15) is 4.98 Å². The number of fused-ring (bicyclic) bond motifs is 3. The third kappa shape index (κ3) is 3.24. The number of hydrogen-bond acceptors (Lipinski definition) is 6. The second-order valence-electron chi connectivity index (χ2n) is 5.88. The van der Waals surface area contributed by atoms with E-state index in [9.17, 15) is 4.79 Å². The van der Waals surface area contributed by atoms with Gasteiger partial charge < -0.3 is 4.74 Å². The van der Waals surface area contributed by atoms with Crippen molar-refractivity contribution >= 4 is 35.0 Å². The van der Waals surface area contributed by atoms with Gasteiger partial charge in [0.15, 0.2) is 5.69 Å². The van der Waals surface area contributed by atoms with E-state index in [0.29, 0.717) is 27.4 Å². The van der Waals surface area contributed by atoms with Crippen molar-refractivity contribution in [3.63, 3.8) is 0 Å². The molecule has 1 aliphatic rings. The highest BCUT2D eigenvalue weighted by molar-refractivity contribution is 7.98. The molecule has 6 nitrogen and oxygen atoms in total. The van der Waals surface area contributed by atoms with Gasteiger partial charge >= 0.3 is 0 Å². The predicted octanol–water partition coefficient (Wildman–Crippen LogP) is 4.36. The standard InChI is InChI=1S/C19H15ClN4O2S/c1-11(25)24-15-9-4-3-8-14(15)16-17(21-19(27-2)23-22-16)26-18(24)12-6-5-7-13(20)10-12/h3-10,18H,1-2H3/t18-/m1/s1. The number of thioether (sulfide) groups is 1. The number of hydrogen-bond donors (Lipinski definition) is 0. The topological polar surface area (TPSA) is 68.2 Å². The molecule has 1 aliphatic heterocycles. The summed E-state index contributed by atoms with van der Waals surface area (Å²) >= 11 is 7.55. The van der Waals surface area contributed by atoms with E-state index in [2.05, 4.69) is 15.2 Å². The van der Waals surface area contributed by atoms with Gasteiger partial charge in [0.25, 0.3) is 0 Å². The number of carbonyl (C=O) groups is 1. The first kappa shape index (κ1) is 17.8. The normalized spacial score (nSPS) is 15.4. The zero-order chi connectivity index (χ0) is 19.0. The monoisotopic (exact) mass is 398 g/mol. The summed E-state index contributed by atoms with van der Waals surface area (Å²) in [5.41, 5.74) is 2.66. The highest BCUT2D eigenvalue weighted by Gasteiger charge is 2.34. The molecule has 1 atom stereocenters. The number of ether oxygens (including phenoxy) is 1. The van der Waals surface area contributed by atoms with Crippen LogP contribution in [0.3, 0.4) is 0 Å². The molecule has 2 heterocycles. The lowest BCUT2D eigenvalue weighted by atomic mass is 10.1. The molecule has 0 fully saturated rings. The molecular formula is C19H15ClN4O2S. The second kappa shape index (κ2) is 7.17. The highest BCUT2D eigenvalue weighted by Crippen LogP contribution is 2.43. The number of nitrogens with zero attached hydrogens (tertiary/aromatic N) is 4. The molecule has 3 aromatic rings. The Hall–Kier alpha value is -2.64. The maximum atomic E-state index is 12.6. The van der Waals surface area contributed by atoms with E-state index in [1.54, 1.807) is 17.0 Å². The number of amides is 1. The largest absolute Gasteiger partial charge is 0.447 e. The minimum absolute atomic E-state index is 0.168. The number of rotatable bonds is 2. The molecule has 4 rings (SSSR count). The van der Waals surface area contributed by atoms with E-state index < -0.39 is 6.23 Å². The summed E-state index contributed by atoms with van der Waals surface area (Å²) in [6.07, 6.45) is 1.14. The maximum Gasteiger partial charge on any atom is 0.247 e. The van der Waals surface area contributed by atoms with Gasteiger partial charge in [0.1, 0.15) is 0 Å². The van der Waals surface area contributed by atoms with Crippen LogP contribution >= 0.6 is 23.4 Å². The Morgan fingerprint density at radius 2 is 2.00 bits per heavy atom. The van der Waals surface area contributed by atoms with Crippen LogP contribution in [-0.4, -0.2) is 27.3 Å². The van der Waals surface area contributed by atoms with E-state index in [4.69, 9.17) is 16.3 Å². The molecule has 0 saturated heterocycles. The molecule has 27 heavy (non-hydrogen) atoms. The van der Waals surface area contributed by atoms with Crippen LogP contribution in [0.15, 0.2) is 53.7 Å². The van der Waals surface area contributed by atoms with Crippen molar-refractivity contribution in [2.75, 3.05) is 11.2 Å². The molecule has 1 amide bonds. The van der Waals surface area contributed by atoms with Crippen molar-refractivity contribution in [2.45, 2.75) is 18.3 Å². The Labute approximate surface area is 165 Å². The SMILES string of the molecule is CSc1nnc2c(n1)O[C@H](c1cccc(Cl)c1)N(C(C)=O)c1ccccc1-2. The first-order valence-electron chi connectivity index (χ1n) is 8.18. The quantitative estimate of drug-likeness (QED) is 0.597. The van der Waals surface area contributed by atoms with Crippen molar-refractivity contribution < 1.29 is 9.53 Å². The van der Waals surface area contributed by atoms with Gasteiger partial charge in [-0.3, -0.25) is 9.69 Å². The number of aromatic nitrogens is 3. The summed E-state index contributed by atoms with van der Waals surface area (Å²) in [5.74, 6) is 0.161. The minimum Gasteiger partial charge on any atom is -0.447 e. The fourth-order valence-corrected chi connectivity index (χ4v) is 3.51. The summed E-state index contributed by atoms with van der Waals surface area (Å²) in [5, 5.41) is 9.49. The van der Waals surface area contributed by atoms with Crippen molar-refractivity contribution in [3.05, 3.63) is 59.1 Å². The molecular weight excluding hydrogens is 384 g/mol. The third-order valence-electron chi connectivity index (χ3n) is 4.17. The third-order valence-corrected chi connectivity index (χ3v) is 4.94. The van der Waals surface area contributed by atoms with Crippen LogP contribution in [0.5, 0.6) is 5.88 Å². The maximum absolute atomic E-state index is 12.6. The average Bonchev–Trinajstić information content (AvgIpc) is 2.82. The molecule has 1 aromatic heterocycles. The lowest BCUT2D eigenvalue weighted by Gasteiger charge is -2.29. The van der Waals surface area contributed by atoms with Crippen LogP contribution in [0.2, 0.25) is 5.02 Å². The van der Waals surface area contributed by atoms with E-state index in [0.717, 1.165) is 11.1 Å². The van der Waals surface area contributed by atoms with Gasteiger partial charge in [-0.05, 0) is 24.5 Å². The first-order chi connectivity index (χ1) is 13.1. The Balaban J connectivity index is 1.98. The van der Waals surface area contributed by atoms with E-state index >= 15 is 0 Å². The van der Waals surface area contributed by atoms with Crippen molar-refractivity contribution in [1.82, 2.24) is 15.2 Å². The van der Waals surface area contributed by atoms with E-state index in [1.165, 1.54) is 18.7 Å². The lowest BCUT2D eigenvalue weighted by Crippen LogP contribution is -2.36. The molecule has 0 spiro atoms. The minimum atomic E-state index is -0.727. The zero-order valence-electron chi connectivity index (χ0n) is 14.6. The smallest absolute Gasteiger partial charge is 0.247 e. The first-order valence-corrected chi connectivity index (χ1v) is 9.79. The van der Waals surface area contributed by atoms with E-state index in [-0.39, 0.29) is 5.91 Å². The highest BCUT2D eigenvalue weighted by atomic mass is 35.5. The number of benzene rings is 2. The van der Waals surface area contributed by atoms with Crippen LogP contribution < -0.4 is 9.64 Å². The lowest BCUT2D eigenvalue weighted by molar-refractivity contribution is -0.118. The van der Waals surface area contributed by atoms with E-state index in [1.807, 2.05) is 42.7 Å². The van der Waals surface area contributed by atoms with Gasteiger partial charge in [-0.15, -0.1) is 10.2 Å². The number of halogens is 1. The summed E-state index contributed by atoms with van der Waals surface area (Å²) in [4.78, 5) is 18.7. The van der Waals surface area contributed by atoms with Crippen molar-refractivity contribution in [1.29, 1.82) is 0 Å². The molecule has 2 aromatic carbocycles.